The van der Waals surface area contributed by atoms with Crippen LogP contribution in [0.15, 0.2) is 0 Å². The third kappa shape index (κ3) is 32.4. The van der Waals surface area contributed by atoms with Gasteiger partial charge in [0.25, 0.3) is 0 Å². The Kier molecular flexibility index (Phi) is 32.2. The summed E-state index contributed by atoms with van der Waals surface area (Å²) in [5.74, 6) is 0.729. The van der Waals surface area contributed by atoms with Crippen LogP contribution >= 0.6 is 0 Å². The molecule has 6 heteroatoms. The second kappa shape index (κ2) is 33.3. The van der Waals surface area contributed by atoms with Gasteiger partial charge in [0, 0.05) is 19.3 Å². The standard InChI is InChI=1S/C40H76O6/c1-6-8-9-10-13-20-25-30-38(41)44-33-37(46-40(43)32-27-22-17-16-18-23-28-35(3)4)34-45-39(42)31-26-21-15-12-11-14-19-24-29-36(5)7-2/h35-37H,6-34H2,1-5H3/t36?,37-/m1/s1. The first-order chi connectivity index (χ1) is 22.3. The summed E-state index contributed by atoms with van der Waals surface area (Å²) in [5, 5.41) is 0. The zero-order chi connectivity index (χ0) is 34.1. The fourth-order valence-corrected chi connectivity index (χ4v) is 5.66. The molecule has 0 aromatic heterocycles. The highest BCUT2D eigenvalue weighted by atomic mass is 16.6. The van der Waals surface area contributed by atoms with Crippen LogP contribution in [0.4, 0.5) is 0 Å². The molecule has 0 aliphatic heterocycles. The van der Waals surface area contributed by atoms with Crippen LogP contribution in [-0.2, 0) is 28.6 Å². The maximum Gasteiger partial charge on any atom is 0.306 e. The largest absolute Gasteiger partial charge is 0.462 e. The van der Waals surface area contributed by atoms with Gasteiger partial charge < -0.3 is 14.2 Å². The van der Waals surface area contributed by atoms with Crippen LogP contribution in [0.2, 0.25) is 0 Å². The van der Waals surface area contributed by atoms with Crippen LogP contribution in [0.1, 0.15) is 208 Å². The Morgan fingerprint density at radius 2 is 0.826 bits per heavy atom. The van der Waals surface area contributed by atoms with Gasteiger partial charge in [0.1, 0.15) is 13.2 Å². The van der Waals surface area contributed by atoms with Crippen LogP contribution < -0.4 is 0 Å². The molecule has 0 aromatic carbocycles. The molecule has 6 nitrogen and oxygen atoms in total. The van der Waals surface area contributed by atoms with Gasteiger partial charge in [-0.2, -0.15) is 0 Å². The first-order valence-electron chi connectivity index (χ1n) is 19.8. The summed E-state index contributed by atoms with van der Waals surface area (Å²) in [7, 11) is 0. The third-order valence-electron chi connectivity index (χ3n) is 9.08. The average molecular weight is 653 g/mol. The van der Waals surface area contributed by atoms with Crippen molar-refractivity contribution in [1.29, 1.82) is 0 Å². The normalized spacial score (nSPS) is 12.7. The molecule has 0 bridgehead atoms. The van der Waals surface area contributed by atoms with Gasteiger partial charge in [0.15, 0.2) is 6.10 Å². The van der Waals surface area contributed by atoms with E-state index in [0.29, 0.717) is 19.3 Å². The molecule has 272 valence electrons. The van der Waals surface area contributed by atoms with Crippen LogP contribution in [0.25, 0.3) is 0 Å². The van der Waals surface area contributed by atoms with E-state index in [9.17, 15) is 14.4 Å². The number of ether oxygens (including phenoxy) is 3. The van der Waals surface area contributed by atoms with Gasteiger partial charge in [-0.1, -0.05) is 169 Å². The van der Waals surface area contributed by atoms with Gasteiger partial charge in [0.2, 0.25) is 0 Å². The molecule has 0 saturated heterocycles. The molecule has 2 atom stereocenters. The Labute approximate surface area is 285 Å². The van der Waals surface area contributed by atoms with Crippen molar-refractivity contribution < 1.29 is 28.6 Å². The van der Waals surface area contributed by atoms with Gasteiger partial charge in [0.05, 0.1) is 0 Å². The molecule has 0 saturated carbocycles. The Balaban J connectivity index is 4.33. The summed E-state index contributed by atoms with van der Waals surface area (Å²) in [5.41, 5.74) is 0. The number of esters is 3. The monoisotopic (exact) mass is 653 g/mol. The highest BCUT2D eigenvalue weighted by Crippen LogP contribution is 2.16. The number of hydrogen-bond donors (Lipinski definition) is 0. The van der Waals surface area contributed by atoms with Crippen molar-refractivity contribution in [3.63, 3.8) is 0 Å². The van der Waals surface area contributed by atoms with E-state index in [1.165, 1.54) is 96.3 Å². The fraction of sp³-hybridized carbons (Fsp3) is 0.925. The molecule has 0 heterocycles. The molecule has 1 unspecified atom stereocenters. The zero-order valence-electron chi connectivity index (χ0n) is 31.2. The molecular formula is C40H76O6. The van der Waals surface area contributed by atoms with Gasteiger partial charge in [-0.25, -0.2) is 0 Å². The predicted octanol–water partition coefficient (Wildman–Crippen LogP) is 11.8. The minimum atomic E-state index is -0.759. The molecule has 0 amide bonds. The van der Waals surface area contributed by atoms with Crippen molar-refractivity contribution in [3.05, 3.63) is 0 Å². The summed E-state index contributed by atoms with van der Waals surface area (Å²) in [4.78, 5) is 37.3. The molecule has 0 N–H and O–H groups in total. The Morgan fingerprint density at radius 3 is 1.24 bits per heavy atom. The Morgan fingerprint density at radius 1 is 0.457 bits per heavy atom. The Bertz CT molecular complexity index is 706. The highest BCUT2D eigenvalue weighted by Gasteiger charge is 2.19. The summed E-state index contributed by atoms with van der Waals surface area (Å²) >= 11 is 0. The molecule has 46 heavy (non-hydrogen) atoms. The second-order valence-corrected chi connectivity index (χ2v) is 14.3. The van der Waals surface area contributed by atoms with Gasteiger partial charge >= 0.3 is 17.9 Å². The van der Waals surface area contributed by atoms with Crippen molar-refractivity contribution in [2.24, 2.45) is 11.8 Å². The molecule has 0 aliphatic rings. The van der Waals surface area contributed by atoms with Crippen molar-refractivity contribution in [2.45, 2.75) is 214 Å². The van der Waals surface area contributed by atoms with E-state index in [2.05, 4.69) is 34.6 Å². The number of unbranched alkanes of at least 4 members (excludes halogenated alkanes) is 18. The van der Waals surface area contributed by atoms with E-state index < -0.39 is 6.10 Å². The lowest BCUT2D eigenvalue weighted by molar-refractivity contribution is -0.167. The van der Waals surface area contributed by atoms with Crippen LogP contribution in [-0.4, -0.2) is 37.2 Å². The third-order valence-corrected chi connectivity index (χ3v) is 9.08. The summed E-state index contributed by atoms with van der Waals surface area (Å²) < 4.78 is 16.6. The lowest BCUT2D eigenvalue weighted by Crippen LogP contribution is -2.30. The lowest BCUT2D eigenvalue weighted by Gasteiger charge is -2.18. The molecule has 0 aliphatic carbocycles. The van der Waals surface area contributed by atoms with Gasteiger partial charge in [-0.05, 0) is 31.1 Å². The quantitative estimate of drug-likeness (QED) is 0.0391. The van der Waals surface area contributed by atoms with E-state index in [4.69, 9.17) is 14.2 Å². The minimum absolute atomic E-state index is 0.0677. The highest BCUT2D eigenvalue weighted by molar-refractivity contribution is 5.71. The number of carbonyl (C=O) groups excluding carboxylic acids is 3. The number of carbonyl (C=O) groups is 3. The summed E-state index contributed by atoms with van der Waals surface area (Å²) in [6.45, 7) is 11.2. The first kappa shape index (κ1) is 44.4. The summed E-state index contributed by atoms with van der Waals surface area (Å²) in [6, 6.07) is 0. The first-order valence-corrected chi connectivity index (χ1v) is 19.8. The van der Waals surface area contributed by atoms with E-state index in [1.54, 1.807) is 0 Å². The van der Waals surface area contributed by atoms with E-state index in [0.717, 1.165) is 69.6 Å². The molecule has 0 radical (unpaired) electrons. The lowest BCUT2D eigenvalue weighted by atomic mass is 9.99. The second-order valence-electron chi connectivity index (χ2n) is 14.3. The van der Waals surface area contributed by atoms with Gasteiger partial charge in [-0.3, -0.25) is 14.4 Å². The zero-order valence-corrected chi connectivity index (χ0v) is 31.2. The fourth-order valence-electron chi connectivity index (χ4n) is 5.66. The van der Waals surface area contributed by atoms with Crippen molar-refractivity contribution in [2.75, 3.05) is 13.2 Å². The van der Waals surface area contributed by atoms with Crippen LogP contribution in [0, 0.1) is 11.8 Å². The van der Waals surface area contributed by atoms with Crippen LogP contribution in [0.5, 0.6) is 0 Å². The molecular weight excluding hydrogens is 576 g/mol. The molecule has 0 aromatic rings. The SMILES string of the molecule is CCCCCCCCCC(=O)OC[C@H](COC(=O)CCCCCCCCCCC(C)CC)OC(=O)CCCCCCCCC(C)C. The molecule has 0 fully saturated rings. The predicted molar refractivity (Wildman–Crippen MR) is 192 cm³/mol. The molecule has 0 spiro atoms. The summed E-state index contributed by atoms with van der Waals surface area (Å²) in [6.07, 6.45) is 28.2. The average Bonchev–Trinajstić information content (AvgIpc) is 3.03. The Hall–Kier alpha value is -1.59. The smallest absolute Gasteiger partial charge is 0.306 e. The van der Waals surface area contributed by atoms with E-state index in [1.807, 2.05) is 0 Å². The minimum Gasteiger partial charge on any atom is -0.462 e. The van der Waals surface area contributed by atoms with Crippen molar-refractivity contribution >= 4 is 17.9 Å². The van der Waals surface area contributed by atoms with E-state index >= 15 is 0 Å². The van der Waals surface area contributed by atoms with Gasteiger partial charge in [-0.15, -0.1) is 0 Å². The maximum atomic E-state index is 12.6. The number of rotatable bonds is 34. The topological polar surface area (TPSA) is 78.9 Å². The van der Waals surface area contributed by atoms with E-state index in [-0.39, 0.29) is 31.1 Å². The number of hydrogen-bond acceptors (Lipinski definition) is 6. The maximum absolute atomic E-state index is 12.6. The van der Waals surface area contributed by atoms with Crippen molar-refractivity contribution in [1.82, 2.24) is 0 Å². The van der Waals surface area contributed by atoms with Crippen molar-refractivity contribution in [3.8, 4) is 0 Å². The van der Waals surface area contributed by atoms with Crippen LogP contribution in [0.3, 0.4) is 0 Å². The molecule has 0 rings (SSSR count).